The second kappa shape index (κ2) is 6.73. The normalized spacial score (nSPS) is 24.4. The summed E-state index contributed by atoms with van der Waals surface area (Å²) in [5, 5.41) is 8.82. The number of carbonyl (C=O) groups is 2. The van der Waals surface area contributed by atoms with Crippen LogP contribution in [-0.4, -0.2) is 41.5 Å². The fourth-order valence-corrected chi connectivity index (χ4v) is 2.64. The molecule has 1 fully saturated rings. The highest BCUT2D eigenvalue weighted by molar-refractivity contribution is 5.76. The molecule has 0 saturated carbocycles. The molecule has 5 nitrogen and oxygen atoms in total. The number of nitrogens with two attached hydrogens (primary N) is 1. The molecular formula is C13H24N2O3. The van der Waals surface area contributed by atoms with E-state index in [0.717, 1.165) is 25.9 Å². The molecule has 1 aliphatic heterocycles. The van der Waals surface area contributed by atoms with Gasteiger partial charge in [-0.2, -0.15) is 0 Å². The number of amides is 1. The number of piperidine rings is 1. The van der Waals surface area contributed by atoms with E-state index in [2.05, 4.69) is 4.90 Å². The van der Waals surface area contributed by atoms with Crippen LogP contribution in [0.2, 0.25) is 0 Å². The minimum absolute atomic E-state index is 0.140. The molecule has 5 heteroatoms. The van der Waals surface area contributed by atoms with Crippen LogP contribution in [0.5, 0.6) is 0 Å². The second-order valence-corrected chi connectivity index (χ2v) is 5.54. The molecule has 1 saturated heterocycles. The Bertz CT molecular complexity index is 307. The number of likely N-dealkylation sites (tertiary alicyclic amines) is 1. The van der Waals surface area contributed by atoms with Gasteiger partial charge in [0, 0.05) is 25.4 Å². The predicted octanol–water partition coefficient (Wildman–Crippen LogP) is 0.931. The zero-order valence-corrected chi connectivity index (χ0v) is 11.3. The van der Waals surface area contributed by atoms with Gasteiger partial charge in [0.15, 0.2) is 0 Å². The van der Waals surface area contributed by atoms with E-state index in [1.165, 1.54) is 0 Å². The number of carboxylic acid groups (broad SMARTS) is 1. The second-order valence-electron chi connectivity index (χ2n) is 5.54. The summed E-state index contributed by atoms with van der Waals surface area (Å²) >= 11 is 0. The van der Waals surface area contributed by atoms with Crippen molar-refractivity contribution in [3.8, 4) is 0 Å². The lowest BCUT2D eigenvalue weighted by Crippen LogP contribution is -2.42. The summed E-state index contributed by atoms with van der Waals surface area (Å²) < 4.78 is 0. The number of hydrogen-bond donors (Lipinski definition) is 2. The van der Waals surface area contributed by atoms with Crippen LogP contribution >= 0.6 is 0 Å². The van der Waals surface area contributed by atoms with Gasteiger partial charge in [0.1, 0.15) is 0 Å². The van der Waals surface area contributed by atoms with Gasteiger partial charge in [-0.3, -0.25) is 9.59 Å². The lowest BCUT2D eigenvalue weighted by molar-refractivity contribution is -0.138. The van der Waals surface area contributed by atoms with E-state index in [0.29, 0.717) is 12.5 Å². The van der Waals surface area contributed by atoms with Crippen molar-refractivity contribution in [3.05, 3.63) is 0 Å². The standard InChI is InChI=1S/C13H24N2O3/c1-9(6-12(16)17)11-4-3-5-15(8-11)7-10(2)13(14)18/h9-11H,3-8H2,1-2H3,(H2,14,18)(H,16,17). The average molecular weight is 256 g/mol. The van der Waals surface area contributed by atoms with Crippen LogP contribution in [0.25, 0.3) is 0 Å². The average Bonchev–Trinajstić information content (AvgIpc) is 2.28. The van der Waals surface area contributed by atoms with Crippen LogP contribution in [-0.2, 0) is 9.59 Å². The number of nitrogens with zero attached hydrogens (tertiary/aromatic N) is 1. The van der Waals surface area contributed by atoms with E-state index >= 15 is 0 Å². The lowest BCUT2D eigenvalue weighted by Gasteiger charge is -2.36. The smallest absolute Gasteiger partial charge is 0.303 e. The molecular weight excluding hydrogens is 232 g/mol. The minimum Gasteiger partial charge on any atom is -0.481 e. The first kappa shape index (κ1) is 15.0. The summed E-state index contributed by atoms with van der Waals surface area (Å²) in [5.74, 6) is -0.538. The summed E-state index contributed by atoms with van der Waals surface area (Å²) in [7, 11) is 0. The predicted molar refractivity (Wildman–Crippen MR) is 68.9 cm³/mol. The largest absolute Gasteiger partial charge is 0.481 e. The fraction of sp³-hybridized carbons (Fsp3) is 0.846. The van der Waals surface area contributed by atoms with Crippen molar-refractivity contribution in [2.45, 2.75) is 33.1 Å². The number of hydrogen-bond acceptors (Lipinski definition) is 3. The summed E-state index contributed by atoms with van der Waals surface area (Å²) in [6.45, 7) is 6.39. The van der Waals surface area contributed by atoms with E-state index in [4.69, 9.17) is 10.8 Å². The highest BCUT2D eigenvalue weighted by atomic mass is 16.4. The molecule has 1 aliphatic rings. The van der Waals surface area contributed by atoms with Crippen LogP contribution in [0, 0.1) is 17.8 Å². The molecule has 0 aromatic rings. The molecule has 0 radical (unpaired) electrons. The maximum Gasteiger partial charge on any atom is 0.303 e. The molecule has 1 amide bonds. The van der Waals surface area contributed by atoms with Gasteiger partial charge in [0.25, 0.3) is 0 Å². The van der Waals surface area contributed by atoms with Crippen LogP contribution < -0.4 is 5.73 Å². The van der Waals surface area contributed by atoms with Gasteiger partial charge in [0.05, 0.1) is 0 Å². The number of carbonyl (C=O) groups excluding carboxylic acids is 1. The topological polar surface area (TPSA) is 83.6 Å². The van der Waals surface area contributed by atoms with Crippen LogP contribution in [0.15, 0.2) is 0 Å². The first-order valence-electron chi connectivity index (χ1n) is 6.63. The molecule has 0 spiro atoms. The van der Waals surface area contributed by atoms with Gasteiger partial charge in [-0.25, -0.2) is 0 Å². The van der Waals surface area contributed by atoms with Crippen molar-refractivity contribution in [2.75, 3.05) is 19.6 Å². The van der Waals surface area contributed by atoms with Gasteiger partial charge in [-0.1, -0.05) is 13.8 Å². The zero-order valence-electron chi connectivity index (χ0n) is 11.3. The van der Waals surface area contributed by atoms with Crippen LogP contribution in [0.1, 0.15) is 33.1 Å². The van der Waals surface area contributed by atoms with E-state index in [9.17, 15) is 9.59 Å². The third-order valence-electron chi connectivity index (χ3n) is 3.86. The molecule has 1 heterocycles. The SMILES string of the molecule is CC(CN1CCCC(C(C)CC(=O)O)C1)C(N)=O. The third kappa shape index (κ3) is 4.64. The van der Waals surface area contributed by atoms with Gasteiger partial charge >= 0.3 is 5.97 Å². The first-order valence-corrected chi connectivity index (χ1v) is 6.63. The van der Waals surface area contributed by atoms with Crippen molar-refractivity contribution in [1.82, 2.24) is 4.90 Å². The molecule has 18 heavy (non-hydrogen) atoms. The van der Waals surface area contributed by atoms with Gasteiger partial charge in [-0.15, -0.1) is 0 Å². The molecule has 3 N–H and O–H groups in total. The highest BCUT2D eigenvalue weighted by Crippen LogP contribution is 2.26. The van der Waals surface area contributed by atoms with Crippen LogP contribution in [0.4, 0.5) is 0 Å². The molecule has 0 aromatic carbocycles. The summed E-state index contributed by atoms with van der Waals surface area (Å²) in [4.78, 5) is 24.0. The van der Waals surface area contributed by atoms with Crippen LogP contribution in [0.3, 0.4) is 0 Å². The lowest BCUT2D eigenvalue weighted by atomic mass is 9.84. The van der Waals surface area contributed by atoms with E-state index < -0.39 is 5.97 Å². The molecule has 0 bridgehead atoms. The fourth-order valence-electron chi connectivity index (χ4n) is 2.64. The molecule has 0 aliphatic carbocycles. The summed E-state index contributed by atoms with van der Waals surface area (Å²) in [5.41, 5.74) is 5.27. The Morgan fingerprint density at radius 2 is 2.11 bits per heavy atom. The Morgan fingerprint density at radius 1 is 1.44 bits per heavy atom. The van der Waals surface area contributed by atoms with Crippen molar-refractivity contribution in [3.63, 3.8) is 0 Å². The first-order chi connectivity index (χ1) is 8.40. The van der Waals surface area contributed by atoms with Gasteiger partial charge in [0.2, 0.25) is 5.91 Å². The van der Waals surface area contributed by atoms with Gasteiger partial charge < -0.3 is 15.7 Å². The maximum absolute atomic E-state index is 11.1. The molecule has 0 aromatic heterocycles. The monoisotopic (exact) mass is 256 g/mol. The van der Waals surface area contributed by atoms with Crippen molar-refractivity contribution >= 4 is 11.9 Å². The molecule has 3 atom stereocenters. The van der Waals surface area contributed by atoms with Crippen molar-refractivity contribution < 1.29 is 14.7 Å². The zero-order chi connectivity index (χ0) is 13.7. The van der Waals surface area contributed by atoms with Crippen molar-refractivity contribution in [1.29, 1.82) is 0 Å². The maximum atomic E-state index is 11.1. The molecule has 1 rings (SSSR count). The Balaban J connectivity index is 2.45. The Morgan fingerprint density at radius 3 is 2.67 bits per heavy atom. The number of carboxylic acids is 1. The van der Waals surface area contributed by atoms with E-state index in [1.54, 1.807) is 0 Å². The number of rotatable bonds is 6. The molecule has 104 valence electrons. The third-order valence-corrected chi connectivity index (χ3v) is 3.86. The van der Waals surface area contributed by atoms with Gasteiger partial charge in [-0.05, 0) is 31.2 Å². The number of aliphatic carboxylic acids is 1. The van der Waals surface area contributed by atoms with Crippen molar-refractivity contribution in [2.24, 2.45) is 23.5 Å². The molecule has 3 unspecified atom stereocenters. The summed E-state index contributed by atoms with van der Waals surface area (Å²) in [6, 6.07) is 0. The summed E-state index contributed by atoms with van der Waals surface area (Å²) in [6.07, 6.45) is 2.37. The minimum atomic E-state index is -0.731. The van der Waals surface area contributed by atoms with E-state index in [-0.39, 0.29) is 24.2 Å². The quantitative estimate of drug-likeness (QED) is 0.740. The highest BCUT2D eigenvalue weighted by Gasteiger charge is 2.27. The Labute approximate surface area is 108 Å². The number of primary amides is 1. The Hall–Kier alpha value is -1.10. The Kier molecular flexibility index (Phi) is 5.59. The van der Waals surface area contributed by atoms with E-state index in [1.807, 2.05) is 13.8 Å².